The Labute approximate surface area is 173 Å². The minimum atomic E-state index is -3.90. The van der Waals surface area contributed by atoms with Crippen LogP contribution in [-0.4, -0.2) is 65.1 Å². The Bertz CT molecular complexity index is 532. The maximum atomic E-state index is 12.7. The highest BCUT2D eigenvalue weighted by molar-refractivity contribution is 8.54. The van der Waals surface area contributed by atoms with Crippen LogP contribution in [0, 0.1) is 11.8 Å². The van der Waals surface area contributed by atoms with Crippen LogP contribution in [0.5, 0.6) is 0 Å². The second-order valence-electron chi connectivity index (χ2n) is 8.60. The average molecular weight is 441 g/mol. The molecule has 0 aromatic heterocycles. The fraction of sp³-hybridized carbons (Fsp3) is 1.00. The molecule has 1 heterocycles. The summed E-state index contributed by atoms with van der Waals surface area (Å²) in [5.41, 5.74) is 0. The largest absolute Gasteiger partial charge is 0.392 e. The highest BCUT2D eigenvalue weighted by Gasteiger charge is 2.45. The first-order chi connectivity index (χ1) is 13.0. The zero-order chi connectivity index (χ0) is 21.1. The summed E-state index contributed by atoms with van der Waals surface area (Å²) in [6.45, 7) is 8.11. The quantitative estimate of drug-likeness (QED) is 0.498. The molecule has 1 saturated carbocycles. The van der Waals surface area contributed by atoms with Gasteiger partial charge in [-0.15, -0.1) is 0 Å². The maximum absolute atomic E-state index is 12.7. The predicted molar refractivity (Wildman–Crippen MR) is 110 cm³/mol. The minimum Gasteiger partial charge on any atom is -0.392 e. The topological polar surface area (TPSA) is 94.5 Å². The van der Waals surface area contributed by atoms with E-state index in [9.17, 15) is 14.6 Å². The summed E-state index contributed by atoms with van der Waals surface area (Å²) >= 11 is 0.886. The molecule has 2 rings (SSSR count). The molecule has 7 nitrogen and oxygen atoms in total. The number of rotatable bonds is 10. The number of aliphatic hydroxyl groups excluding tert-OH is 1. The molecule has 0 aromatic rings. The van der Waals surface area contributed by atoms with Crippen molar-refractivity contribution in [3.63, 3.8) is 0 Å². The lowest BCUT2D eigenvalue weighted by Crippen LogP contribution is -2.31. The van der Waals surface area contributed by atoms with Gasteiger partial charge in [-0.05, 0) is 58.3 Å². The van der Waals surface area contributed by atoms with E-state index in [1.54, 1.807) is 0 Å². The van der Waals surface area contributed by atoms with Crippen molar-refractivity contribution in [3.05, 3.63) is 0 Å². The molecule has 0 spiro atoms. The van der Waals surface area contributed by atoms with Gasteiger partial charge in [-0.3, -0.25) is 4.52 Å². The van der Waals surface area contributed by atoms with Crippen molar-refractivity contribution >= 4 is 18.2 Å². The summed E-state index contributed by atoms with van der Waals surface area (Å²) < 4.78 is 35.7. The molecule has 2 N–H and O–H groups in total. The van der Waals surface area contributed by atoms with Crippen molar-refractivity contribution < 1.29 is 33.3 Å². The summed E-state index contributed by atoms with van der Waals surface area (Å²) in [5, 5.41) is 10.4. The van der Waals surface area contributed by atoms with Crippen LogP contribution >= 0.6 is 18.2 Å². The van der Waals surface area contributed by atoms with E-state index >= 15 is 0 Å². The third-order valence-electron chi connectivity index (χ3n) is 5.23. The molecule has 4 unspecified atom stereocenters. The highest BCUT2D eigenvalue weighted by atomic mass is 32.7. The molecule has 0 bridgehead atoms. The van der Waals surface area contributed by atoms with Crippen LogP contribution < -0.4 is 0 Å². The molecular weight excluding hydrogens is 403 g/mol. The maximum Gasteiger partial charge on any atom is 0.386 e. The number of hydrogen-bond donors (Lipinski definition) is 2. The Balaban J connectivity index is 1.91. The minimum absolute atomic E-state index is 0.00130. The number of aliphatic hydroxyl groups is 1. The highest BCUT2D eigenvalue weighted by Crippen LogP contribution is 2.59. The van der Waals surface area contributed by atoms with E-state index in [2.05, 4.69) is 0 Å². The van der Waals surface area contributed by atoms with Crippen LogP contribution in [0.25, 0.3) is 0 Å². The van der Waals surface area contributed by atoms with Crippen molar-refractivity contribution in [3.8, 4) is 0 Å². The Hall–Kier alpha value is 0.340. The van der Waals surface area contributed by atoms with Crippen molar-refractivity contribution in [1.82, 2.24) is 0 Å². The predicted octanol–water partition coefficient (Wildman–Crippen LogP) is 3.62. The summed E-state index contributed by atoms with van der Waals surface area (Å²) in [5.74, 6) is 0.0184. The van der Waals surface area contributed by atoms with Gasteiger partial charge in [-0.25, -0.2) is 4.57 Å². The summed E-state index contributed by atoms with van der Waals surface area (Å²) in [6.07, 6.45) is 0.0643. The molecule has 2 fully saturated rings. The molecule has 1 aliphatic heterocycles. The van der Waals surface area contributed by atoms with E-state index in [0.29, 0.717) is 18.8 Å². The van der Waals surface area contributed by atoms with E-state index in [0.717, 1.165) is 17.8 Å². The van der Waals surface area contributed by atoms with Crippen LogP contribution in [0.2, 0.25) is 0 Å². The van der Waals surface area contributed by atoms with Gasteiger partial charge in [0.05, 0.1) is 49.3 Å². The van der Waals surface area contributed by atoms with E-state index in [1.807, 2.05) is 41.5 Å². The lowest BCUT2D eigenvalue weighted by Gasteiger charge is -2.26. The second kappa shape index (κ2) is 10.6. The van der Waals surface area contributed by atoms with Crippen LogP contribution in [-0.2, 0) is 23.3 Å². The molecule has 1 saturated heterocycles. The number of hydrogen-bond acceptors (Lipinski definition) is 7. The fourth-order valence-corrected chi connectivity index (χ4v) is 6.68. The molecule has 9 heteroatoms. The lowest BCUT2D eigenvalue weighted by atomic mass is 10.0. The lowest BCUT2D eigenvalue weighted by molar-refractivity contribution is -0.0340. The van der Waals surface area contributed by atoms with E-state index in [4.69, 9.17) is 18.7 Å². The molecule has 0 radical (unpaired) electrons. The first-order valence-electron chi connectivity index (χ1n) is 10.2. The van der Waals surface area contributed by atoms with Crippen LogP contribution in [0.3, 0.4) is 0 Å². The Morgan fingerprint density at radius 3 is 2.43 bits per heavy atom. The Morgan fingerprint density at radius 1 is 1.14 bits per heavy atom. The molecule has 1 aliphatic carbocycles. The SMILES string of the molecule is CC(C)OC[C@@H]1C(OP(=O)(O)SC[C@H]2O[C@@H](C)CC2OC(C)C)C[C@H](C)C1O. The van der Waals surface area contributed by atoms with Gasteiger partial charge in [-0.2, -0.15) is 0 Å². The standard InChI is InChI=1S/C19H37O7PS/c1-11(2)23-9-15-16(7-13(5)19(15)20)26-27(21,22)28-10-18-17(24-12(3)4)8-14(6)25-18/h11-20H,7-10H2,1-6H3,(H,21,22)/t13-,14-,15+,16?,17?,18+,19?/m0/s1. The molecule has 0 aromatic carbocycles. The van der Waals surface area contributed by atoms with Gasteiger partial charge in [0.15, 0.2) is 0 Å². The first-order valence-corrected chi connectivity index (χ1v) is 13.4. The molecule has 166 valence electrons. The Morgan fingerprint density at radius 2 is 1.82 bits per heavy atom. The van der Waals surface area contributed by atoms with Gasteiger partial charge in [-0.1, -0.05) is 6.92 Å². The zero-order valence-corrected chi connectivity index (χ0v) is 19.5. The molecule has 28 heavy (non-hydrogen) atoms. The van der Waals surface area contributed by atoms with Crippen LogP contribution in [0.1, 0.15) is 54.4 Å². The summed E-state index contributed by atoms with van der Waals surface area (Å²) in [7, 11) is 0. The molecule has 8 atom stereocenters. The third-order valence-corrected chi connectivity index (χ3v) is 8.25. The van der Waals surface area contributed by atoms with Gasteiger partial charge in [0, 0.05) is 18.1 Å². The van der Waals surface area contributed by atoms with Crippen LogP contribution in [0.4, 0.5) is 0 Å². The summed E-state index contributed by atoms with van der Waals surface area (Å²) in [6, 6.07) is 0. The van der Waals surface area contributed by atoms with E-state index in [1.165, 1.54) is 0 Å². The van der Waals surface area contributed by atoms with Crippen molar-refractivity contribution in [2.24, 2.45) is 11.8 Å². The van der Waals surface area contributed by atoms with Gasteiger partial charge in [0.2, 0.25) is 0 Å². The molecule has 2 aliphatic rings. The van der Waals surface area contributed by atoms with Crippen molar-refractivity contribution in [1.29, 1.82) is 0 Å². The monoisotopic (exact) mass is 440 g/mol. The van der Waals surface area contributed by atoms with Gasteiger partial charge < -0.3 is 24.2 Å². The Kier molecular flexibility index (Phi) is 9.30. The fourth-order valence-electron chi connectivity index (χ4n) is 3.88. The van der Waals surface area contributed by atoms with Crippen LogP contribution in [0.15, 0.2) is 0 Å². The van der Waals surface area contributed by atoms with Crippen molar-refractivity contribution in [2.75, 3.05) is 12.4 Å². The normalized spacial score (nSPS) is 38.4. The second-order valence-corrected chi connectivity index (χ2v) is 12.5. The van der Waals surface area contributed by atoms with Crippen molar-refractivity contribution in [2.45, 2.75) is 97.1 Å². The molecular formula is C19H37O7PS. The number of ether oxygens (including phenoxy) is 3. The summed E-state index contributed by atoms with van der Waals surface area (Å²) in [4.78, 5) is 10.4. The zero-order valence-electron chi connectivity index (χ0n) is 17.8. The van der Waals surface area contributed by atoms with E-state index in [-0.39, 0.29) is 42.4 Å². The van der Waals surface area contributed by atoms with Gasteiger partial charge in [0.25, 0.3) is 0 Å². The third kappa shape index (κ3) is 7.24. The first kappa shape index (κ1) is 24.6. The van der Waals surface area contributed by atoms with Gasteiger partial charge >= 0.3 is 6.80 Å². The van der Waals surface area contributed by atoms with E-state index < -0.39 is 19.0 Å². The average Bonchev–Trinajstić information content (AvgIpc) is 3.02. The smallest absolute Gasteiger partial charge is 0.386 e. The van der Waals surface area contributed by atoms with Gasteiger partial charge in [0.1, 0.15) is 0 Å². The molecule has 0 amide bonds.